The summed E-state index contributed by atoms with van der Waals surface area (Å²) in [6, 6.07) is 14.1. The van der Waals surface area contributed by atoms with Crippen molar-refractivity contribution in [3.63, 3.8) is 0 Å². The van der Waals surface area contributed by atoms with Gasteiger partial charge in [-0.05, 0) is 42.5 Å². The molecule has 1 amide bonds. The number of hydrogen-bond acceptors (Lipinski definition) is 3. The van der Waals surface area contributed by atoms with Gasteiger partial charge in [0.2, 0.25) is 5.91 Å². The molecule has 0 unspecified atom stereocenters. The summed E-state index contributed by atoms with van der Waals surface area (Å²) in [5, 5.41) is 6.22. The number of aryl methyl sites for hydroxylation is 2. The van der Waals surface area contributed by atoms with E-state index in [1.54, 1.807) is 7.11 Å². The van der Waals surface area contributed by atoms with E-state index in [-0.39, 0.29) is 12.5 Å². The van der Waals surface area contributed by atoms with E-state index in [1.165, 1.54) is 5.56 Å². The van der Waals surface area contributed by atoms with Crippen LogP contribution in [0.4, 0.5) is 5.69 Å². The number of methoxy groups -OCH3 is 1. The highest BCUT2D eigenvalue weighted by atomic mass is 16.5. The van der Waals surface area contributed by atoms with Crippen molar-refractivity contribution in [3.8, 4) is 5.75 Å². The van der Waals surface area contributed by atoms with E-state index in [0.717, 1.165) is 35.4 Å². The zero-order chi connectivity index (χ0) is 17.4. The summed E-state index contributed by atoms with van der Waals surface area (Å²) < 4.78 is 5.32. The maximum atomic E-state index is 12.1. The molecule has 2 N–H and O–H groups in total. The average Bonchev–Trinajstić information content (AvgIpc) is 2.60. The maximum absolute atomic E-state index is 12.1. The van der Waals surface area contributed by atoms with Crippen molar-refractivity contribution < 1.29 is 9.53 Å². The Kier molecular flexibility index (Phi) is 6.67. The van der Waals surface area contributed by atoms with E-state index in [2.05, 4.69) is 36.6 Å². The van der Waals surface area contributed by atoms with Crippen molar-refractivity contribution in [3.05, 3.63) is 59.2 Å². The zero-order valence-electron chi connectivity index (χ0n) is 14.7. The lowest BCUT2D eigenvalue weighted by molar-refractivity contribution is -0.119. The molecule has 2 rings (SSSR count). The molecule has 0 saturated heterocycles. The summed E-state index contributed by atoms with van der Waals surface area (Å²) in [6.45, 7) is 5.05. The summed E-state index contributed by atoms with van der Waals surface area (Å²) in [5.74, 6) is 0.854. The van der Waals surface area contributed by atoms with Crippen LogP contribution in [-0.2, 0) is 17.6 Å². The molecule has 0 radical (unpaired) electrons. The van der Waals surface area contributed by atoms with Gasteiger partial charge in [0.15, 0.2) is 0 Å². The first-order chi connectivity index (χ1) is 11.7. The number of carbonyl (C=O) groups is 1. The third-order valence-electron chi connectivity index (χ3n) is 4.07. The van der Waals surface area contributed by atoms with Crippen molar-refractivity contribution in [1.82, 2.24) is 5.32 Å². The van der Waals surface area contributed by atoms with Gasteiger partial charge in [-0.3, -0.25) is 4.79 Å². The third kappa shape index (κ3) is 4.75. The Morgan fingerprint density at radius 1 is 1.08 bits per heavy atom. The number of para-hydroxylation sites is 2. The largest absolute Gasteiger partial charge is 0.496 e. The third-order valence-corrected chi connectivity index (χ3v) is 4.07. The van der Waals surface area contributed by atoms with Gasteiger partial charge in [0.25, 0.3) is 0 Å². The van der Waals surface area contributed by atoms with E-state index in [1.807, 2.05) is 30.3 Å². The standard InChI is InChI=1S/C20H26N2O2/c1-4-16-10-7-8-15(2)20(16)22-14-19(23)21-13-12-17-9-5-6-11-18(17)24-3/h5-11,22H,4,12-14H2,1-3H3,(H,21,23). The zero-order valence-corrected chi connectivity index (χ0v) is 14.7. The van der Waals surface area contributed by atoms with Crippen LogP contribution < -0.4 is 15.4 Å². The summed E-state index contributed by atoms with van der Waals surface area (Å²) >= 11 is 0. The lowest BCUT2D eigenvalue weighted by Gasteiger charge is -2.14. The Labute approximate surface area is 144 Å². The number of ether oxygens (including phenoxy) is 1. The highest BCUT2D eigenvalue weighted by Crippen LogP contribution is 2.20. The van der Waals surface area contributed by atoms with Crippen LogP contribution >= 0.6 is 0 Å². The number of carbonyl (C=O) groups excluding carboxylic acids is 1. The normalized spacial score (nSPS) is 10.3. The maximum Gasteiger partial charge on any atom is 0.239 e. The van der Waals surface area contributed by atoms with Crippen LogP contribution in [0.1, 0.15) is 23.6 Å². The molecule has 2 aromatic rings. The number of nitrogens with one attached hydrogen (secondary N) is 2. The van der Waals surface area contributed by atoms with Gasteiger partial charge in [0, 0.05) is 12.2 Å². The highest BCUT2D eigenvalue weighted by Gasteiger charge is 2.07. The SMILES string of the molecule is CCc1cccc(C)c1NCC(=O)NCCc1ccccc1OC. The predicted octanol–water partition coefficient (Wildman–Crippen LogP) is 3.34. The van der Waals surface area contributed by atoms with E-state index in [4.69, 9.17) is 4.74 Å². The molecule has 2 aromatic carbocycles. The summed E-state index contributed by atoms with van der Waals surface area (Å²) in [7, 11) is 1.66. The number of amides is 1. The van der Waals surface area contributed by atoms with Crippen molar-refractivity contribution in [2.24, 2.45) is 0 Å². The molecule has 0 fully saturated rings. The second-order valence-corrected chi connectivity index (χ2v) is 5.73. The molecule has 24 heavy (non-hydrogen) atoms. The van der Waals surface area contributed by atoms with Gasteiger partial charge < -0.3 is 15.4 Å². The van der Waals surface area contributed by atoms with E-state index < -0.39 is 0 Å². The minimum Gasteiger partial charge on any atom is -0.496 e. The van der Waals surface area contributed by atoms with Gasteiger partial charge >= 0.3 is 0 Å². The predicted molar refractivity (Wildman–Crippen MR) is 98.8 cm³/mol. The van der Waals surface area contributed by atoms with Crippen LogP contribution in [0.25, 0.3) is 0 Å². The summed E-state index contributed by atoms with van der Waals surface area (Å²) in [6.07, 6.45) is 1.69. The molecule has 0 aliphatic rings. The topological polar surface area (TPSA) is 50.4 Å². The Bertz CT molecular complexity index is 683. The molecule has 0 atom stereocenters. The number of anilines is 1. The van der Waals surface area contributed by atoms with Crippen molar-refractivity contribution >= 4 is 11.6 Å². The number of hydrogen-bond donors (Lipinski definition) is 2. The first-order valence-electron chi connectivity index (χ1n) is 8.36. The van der Waals surface area contributed by atoms with Gasteiger partial charge in [-0.1, -0.05) is 43.3 Å². The molecular formula is C20H26N2O2. The number of benzene rings is 2. The molecule has 0 saturated carbocycles. The first kappa shape index (κ1) is 17.9. The van der Waals surface area contributed by atoms with Crippen LogP contribution in [-0.4, -0.2) is 26.1 Å². The first-order valence-corrected chi connectivity index (χ1v) is 8.36. The molecule has 0 heterocycles. The van der Waals surface area contributed by atoms with Crippen LogP contribution in [0.15, 0.2) is 42.5 Å². The average molecular weight is 326 g/mol. The molecule has 4 nitrogen and oxygen atoms in total. The quantitative estimate of drug-likeness (QED) is 0.782. The van der Waals surface area contributed by atoms with Crippen LogP contribution in [0, 0.1) is 6.92 Å². The summed E-state index contributed by atoms with van der Waals surface area (Å²) in [5.41, 5.74) is 4.56. The van der Waals surface area contributed by atoms with Gasteiger partial charge in [-0.15, -0.1) is 0 Å². The smallest absolute Gasteiger partial charge is 0.239 e. The molecule has 128 valence electrons. The van der Waals surface area contributed by atoms with E-state index in [9.17, 15) is 4.79 Å². The Hall–Kier alpha value is -2.49. The van der Waals surface area contributed by atoms with Crippen LogP contribution in [0.3, 0.4) is 0 Å². The second-order valence-electron chi connectivity index (χ2n) is 5.73. The van der Waals surface area contributed by atoms with Crippen LogP contribution in [0.2, 0.25) is 0 Å². The van der Waals surface area contributed by atoms with Crippen LogP contribution in [0.5, 0.6) is 5.75 Å². The fourth-order valence-corrected chi connectivity index (χ4v) is 2.75. The second kappa shape index (κ2) is 8.96. The van der Waals surface area contributed by atoms with Gasteiger partial charge in [0.1, 0.15) is 5.75 Å². The van der Waals surface area contributed by atoms with Gasteiger partial charge in [-0.2, -0.15) is 0 Å². The summed E-state index contributed by atoms with van der Waals surface area (Å²) in [4.78, 5) is 12.1. The van der Waals surface area contributed by atoms with Gasteiger partial charge in [0.05, 0.1) is 13.7 Å². The lowest BCUT2D eigenvalue weighted by atomic mass is 10.1. The Morgan fingerprint density at radius 3 is 2.58 bits per heavy atom. The molecular weight excluding hydrogens is 300 g/mol. The van der Waals surface area contributed by atoms with Crippen molar-refractivity contribution in [1.29, 1.82) is 0 Å². The lowest BCUT2D eigenvalue weighted by Crippen LogP contribution is -2.31. The minimum absolute atomic E-state index is 0.00444. The van der Waals surface area contributed by atoms with Crippen molar-refractivity contribution in [2.45, 2.75) is 26.7 Å². The van der Waals surface area contributed by atoms with E-state index in [0.29, 0.717) is 6.54 Å². The highest BCUT2D eigenvalue weighted by molar-refractivity contribution is 5.81. The molecule has 4 heteroatoms. The Balaban J connectivity index is 1.82. The van der Waals surface area contributed by atoms with Gasteiger partial charge in [-0.25, -0.2) is 0 Å². The fourth-order valence-electron chi connectivity index (χ4n) is 2.75. The fraction of sp³-hybridized carbons (Fsp3) is 0.350. The molecule has 0 aliphatic carbocycles. The molecule has 0 aromatic heterocycles. The molecule has 0 bridgehead atoms. The molecule has 0 aliphatic heterocycles. The number of rotatable bonds is 8. The van der Waals surface area contributed by atoms with Crippen molar-refractivity contribution in [2.75, 3.05) is 25.5 Å². The molecule has 0 spiro atoms. The van der Waals surface area contributed by atoms with E-state index >= 15 is 0 Å². The minimum atomic E-state index is -0.00444. The monoisotopic (exact) mass is 326 g/mol. The Morgan fingerprint density at radius 2 is 1.83 bits per heavy atom.